The highest BCUT2D eigenvalue weighted by Crippen LogP contribution is 2.27. The van der Waals surface area contributed by atoms with Gasteiger partial charge in [-0.1, -0.05) is 11.8 Å². The van der Waals surface area contributed by atoms with Crippen molar-refractivity contribution in [3.8, 4) is 0 Å². The number of aromatic nitrogens is 4. The first-order chi connectivity index (χ1) is 8.66. The Morgan fingerprint density at radius 3 is 2.39 bits per heavy atom. The first-order valence-corrected chi connectivity index (χ1v) is 6.14. The minimum atomic E-state index is -0.903. The average Bonchev–Trinajstić information content (AvgIpc) is 2.40. The summed E-state index contributed by atoms with van der Waals surface area (Å²) in [5, 5.41) is 10.3. The molecule has 2 heterocycles. The van der Waals surface area contributed by atoms with Crippen LogP contribution in [0.3, 0.4) is 0 Å². The van der Waals surface area contributed by atoms with E-state index in [1.54, 1.807) is 25.4 Å². The van der Waals surface area contributed by atoms with E-state index in [0.717, 1.165) is 12.4 Å². The molecule has 2 aromatic rings. The van der Waals surface area contributed by atoms with Crippen molar-refractivity contribution in [1.29, 1.82) is 0 Å². The number of hydrogen-bond donors (Lipinski definition) is 1. The Labute approximate surface area is 108 Å². The van der Waals surface area contributed by atoms with Crippen molar-refractivity contribution in [3.05, 3.63) is 42.5 Å². The molecule has 94 valence electrons. The molecule has 1 N–H and O–H groups in total. The summed E-state index contributed by atoms with van der Waals surface area (Å²) in [4.78, 5) is 15.6. The lowest BCUT2D eigenvalue weighted by Crippen LogP contribution is -2.15. The number of aliphatic hydroxyl groups is 1. The Morgan fingerprint density at radius 1 is 1.17 bits per heavy atom. The van der Waals surface area contributed by atoms with E-state index < -0.39 is 11.9 Å². The van der Waals surface area contributed by atoms with E-state index in [1.807, 2.05) is 0 Å². The van der Waals surface area contributed by atoms with Gasteiger partial charge in [0.15, 0.2) is 16.8 Å². The van der Waals surface area contributed by atoms with Gasteiger partial charge < -0.3 is 5.11 Å². The third-order valence-corrected chi connectivity index (χ3v) is 3.23. The normalized spacial score (nSPS) is 14.2. The van der Waals surface area contributed by atoms with Gasteiger partial charge in [-0.25, -0.2) is 24.3 Å². The van der Waals surface area contributed by atoms with Crippen LogP contribution in [-0.4, -0.2) is 30.3 Å². The van der Waals surface area contributed by atoms with Crippen LogP contribution in [0.2, 0.25) is 0 Å². The standard InChI is InChI=1S/C11H11FN4OS/c1-7(18-11-13-3-2-4-14-11)9(17)10-15-5-8(12)6-16-10/h2-7,9,17H,1H3/t7-,9+/m0/s1. The highest BCUT2D eigenvalue weighted by molar-refractivity contribution is 7.99. The van der Waals surface area contributed by atoms with Crippen molar-refractivity contribution in [2.45, 2.75) is 23.4 Å². The molecular weight excluding hydrogens is 255 g/mol. The molecule has 0 saturated carbocycles. The van der Waals surface area contributed by atoms with E-state index in [2.05, 4.69) is 19.9 Å². The quantitative estimate of drug-likeness (QED) is 0.669. The van der Waals surface area contributed by atoms with Gasteiger partial charge in [-0.2, -0.15) is 0 Å². The Morgan fingerprint density at radius 2 is 1.78 bits per heavy atom. The summed E-state index contributed by atoms with van der Waals surface area (Å²) >= 11 is 1.30. The van der Waals surface area contributed by atoms with Gasteiger partial charge in [-0.3, -0.25) is 0 Å². The lowest BCUT2D eigenvalue weighted by atomic mass is 10.2. The van der Waals surface area contributed by atoms with Crippen molar-refractivity contribution < 1.29 is 9.50 Å². The summed E-state index contributed by atoms with van der Waals surface area (Å²) in [5.74, 6) is -0.343. The fourth-order valence-electron chi connectivity index (χ4n) is 1.26. The van der Waals surface area contributed by atoms with Crippen LogP contribution >= 0.6 is 11.8 Å². The molecule has 0 unspecified atom stereocenters. The van der Waals surface area contributed by atoms with Crippen molar-refractivity contribution in [2.75, 3.05) is 0 Å². The first kappa shape index (κ1) is 12.8. The van der Waals surface area contributed by atoms with Crippen molar-refractivity contribution in [3.63, 3.8) is 0 Å². The molecule has 2 aromatic heterocycles. The average molecular weight is 266 g/mol. The Kier molecular flexibility index (Phi) is 4.16. The van der Waals surface area contributed by atoms with Crippen LogP contribution in [0, 0.1) is 5.82 Å². The SMILES string of the molecule is C[C@H](Sc1ncccn1)[C@@H](O)c1ncc(F)cn1. The highest BCUT2D eigenvalue weighted by Gasteiger charge is 2.21. The number of aliphatic hydroxyl groups excluding tert-OH is 1. The van der Waals surface area contributed by atoms with E-state index in [4.69, 9.17) is 0 Å². The van der Waals surface area contributed by atoms with E-state index >= 15 is 0 Å². The molecule has 0 spiro atoms. The Hall–Kier alpha value is -1.60. The van der Waals surface area contributed by atoms with Crippen LogP contribution in [0.15, 0.2) is 36.0 Å². The van der Waals surface area contributed by atoms with E-state index in [1.165, 1.54) is 11.8 Å². The number of nitrogens with zero attached hydrogens (tertiary/aromatic N) is 4. The molecule has 0 aliphatic carbocycles. The molecule has 0 aliphatic heterocycles. The Balaban J connectivity index is 2.05. The largest absolute Gasteiger partial charge is 0.384 e. The third-order valence-electron chi connectivity index (χ3n) is 2.18. The van der Waals surface area contributed by atoms with Crippen molar-refractivity contribution in [1.82, 2.24) is 19.9 Å². The number of rotatable bonds is 4. The maximum absolute atomic E-state index is 12.7. The molecule has 2 atom stereocenters. The molecule has 0 aromatic carbocycles. The molecule has 2 rings (SSSR count). The van der Waals surface area contributed by atoms with Gasteiger partial charge >= 0.3 is 0 Å². The summed E-state index contributed by atoms with van der Waals surface area (Å²) in [5.41, 5.74) is 0. The summed E-state index contributed by atoms with van der Waals surface area (Å²) in [6.07, 6.45) is 4.41. The zero-order valence-corrected chi connectivity index (χ0v) is 10.4. The number of thioether (sulfide) groups is 1. The monoisotopic (exact) mass is 266 g/mol. The van der Waals surface area contributed by atoms with Gasteiger partial charge in [-0.05, 0) is 13.0 Å². The van der Waals surface area contributed by atoms with Gasteiger partial charge in [0.1, 0.15) is 6.10 Å². The summed E-state index contributed by atoms with van der Waals surface area (Å²) in [7, 11) is 0. The summed E-state index contributed by atoms with van der Waals surface area (Å²) in [6.45, 7) is 1.80. The van der Waals surface area contributed by atoms with E-state index in [9.17, 15) is 9.50 Å². The third kappa shape index (κ3) is 3.21. The van der Waals surface area contributed by atoms with E-state index in [0.29, 0.717) is 5.16 Å². The number of hydrogen-bond acceptors (Lipinski definition) is 6. The lowest BCUT2D eigenvalue weighted by Gasteiger charge is -2.15. The highest BCUT2D eigenvalue weighted by atomic mass is 32.2. The second-order valence-corrected chi connectivity index (χ2v) is 4.90. The maximum Gasteiger partial charge on any atom is 0.187 e. The van der Waals surface area contributed by atoms with Gasteiger partial charge in [0, 0.05) is 17.6 Å². The number of halogens is 1. The first-order valence-electron chi connectivity index (χ1n) is 5.26. The van der Waals surface area contributed by atoms with Crippen LogP contribution in [0.25, 0.3) is 0 Å². The topological polar surface area (TPSA) is 71.8 Å². The van der Waals surface area contributed by atoms with Gasteiger partial charge in [-0.15, -0.1) is 0 Å². The molecule has 0 radical (unpaired) electrons. The van der Waals surface area contributed by atoms with Crippen LogP contribution in [0.1, 0.15) is 18.9 Å². The molecule has 18 heavy (non-hydrogen) atoms. The molecule has 5 nitrogen and oxygen atoms in total. The van der Waals surface area contributed by atoms with Crippen LogP contribution in [-0.2, 0) is 0 Å². The minimum Gasteiger partial charge on any atom is -0.384 e. The zero-order chi connectivity index (χ0) is 13.0. The van der Waals surface area contributed by atoms with Crippen LogP contribution in [0.4, 0.5) is 4.39 Å². The summed E-state index contributed by atoms with van der Waals surface area (Å²) in [6, 6.07) is 1.72. The van der Waals surface area contributed by atoms with Gasteiger partial charge in [0.25, 0.3) is 0 Å². The molecule has 0 amide bonds. The fraction of sp³-hybridized carbons (Fsp3) is 0.273. The molecule has 0 aliphatic rings. The summed E-state index contributed by atoms with van der Waals surface area (Å²) < 4.78 is 12.7. The van der Waals surface area contributed by atoms with Crippen LogP contribution < -0.4 is 0 Å². The smallest absolute Gasteiger partial charge is 0.187 e. The van der Waals surface area contributed by atoms with E-state index in [-0.39, 0.29) is 11.1 Å². The fourth-order valence-corrected chi connectivity index (χ4v) is 2.09. The van der Waals surface area contributed by atoms with Crippen LogP contribution in [0.5, 0.6) is 0 Å². The second-order valence-electron chi connectivity index (χ2n) is 3.56. The van der Waals surface area contributed by atoms with Crippen molar-refractivity contribution >= 4 is 11.8 Å². The minimum absolute atomic E-state index is 0.187. The lowest BCUT2D eigenvalue weighted by molar-refractivity contribution is 0.169. The second kappa shape index (κ2) is 5.83. The van der Waals surface area contributed by atoms with Gasteiger partial charge in [0.2, 0.25) is 0 Å². The Bertz CT molecular complexity index is 496. The molecule has 0 bridgehead atoms. The predicted molar refractivity (Wildman–Crippen MR) is 64.3 cm³/mol. The van der Waals surface area contributed by atoms with Crippen molar-refractivity contribution in [2.24, 2.45) is 0 Å². The zero-order valence-electron chi connectivity index (χ0n) is 9.56. The molecule has 0 fully saturated rings. The molecule has 0 saturated heterocycles. The predicted octanol–water partition coefficient (Wildman–Crippen LogP) is 1.62. The maximum atomic E-state index is 12.7. The molecule has 7 heteroatoms. The van der Waals surface area contributed by atoms with Gasteiger partial charge in [0.05, 0.1) is 12.4 Å². The molecular formula is C11H11FN4OS.